The minimum atomic E-state index is 0.0943. The van der Waals surface area contributed by atoms with Crippen LogP contribution in [0.3, 0.4) is 0 Å². The topological polar surface area (TPSA) is 61.5 Å². The van der Waals surface area contributed by atoms with Gasteiger partial charge in [-0.3, -0.25) is 4.79 Å². The molecule has 22 heavy (non-hydrogen) atoms. The Morgan fingerprint density at radius 2 is 2.32 bits per heavy atom. The SMILES string of the molecule is CN(C)C(=O)Cc1ccc2c(c1)N(Cc1cnc[nH]1)CCO2. The van der Waals surface area contributed by atoms with E-state index in [1.54, 1.807) is 25.3 Å². The second-order valence-electron chi connectivity index (χ2n) is 5.61. The van der Waals surface area contributed by atoms with Gasteiger partial charge in [0.15, 0.2) is 0 Å². The normalized spacial score (nSPS) is 13.5. The molecule has 0 saturated heterocycles. The summed E-state index contributed by atoms with van der Waals surface area (Å²) in [6.07, 6.45) is 3.91. The Labute approximate surface area is 129 Å². The van der Waals surface area contributed by atoms with Crippen molar-refractivity contribution in [2.75, 3.05) is 32.1 Å². The van der Waals surface area contributed by atoms with Crippen LogP contribution in [0, 0.1) is 0 Å². The summed E-state index contributed by atoms with van der Waals surface area (Å²) in [5.74, 6) is 0.962. The van der Waals surface area contributed by atoms with Crippen molar-refractivity contribution in [1.82, 2.24) is 14.9 Å². The fourth-order valence-electron chi connectivity index (χ4n) is 2.50. The molecule has 1 N–H and O–H groups in total. The van der Waals surface area contributed by atoms with E-state index in [1.165, 1.54) is 0 Å². The summed E-state index contributed by atoms with van der Waals surface area (Å²) >= 11 is 0. The van der Waals surface area contributed by atoms with Gasteiger partial charge < -0.3 is 19.5 Å². The maximum atomic E-state index is 11.9. The van der Waals surface area contributed by atoms with E-state index in [0.29, 0.717) is 13.0 Å². The zero-order valence-corrected chi connectivity index (χ0v) is 12.9. The van der Waals surface area contributed by atoms with Crippen LogP contribution in [-0.4, -0.2) is 48.0 Å². The van der Waals surface area contributed by atoms with Crippen molar-refractivity contribution < 1.29 is 9.53 Å². The molecule has 116 valence electrons. The molecule has 0 fully saturated rings. The van der Waals surface area contributed by atoms with E-state index >= 15 is 0 Å². The highest BCUT2D eigenvalue weighted by Crippen LogP contribution is 2.33. The summed E-state index contributed by atoms with van der Waals surface area (Å²) in [5, 5.41) is 0. The van der Waals surface area contributed by atoms with Gasteiger partial charge in [0, 0.05) is 20.3 Å². The van der Waals surface area contributed by atoms with Gasteiger partial charge in [0.2, 0.25) is 5.91 Å². The fourth-order valence-corrected chi connectivity index (χ4v) is 2.50. The summed E-state index contributed by atoms with van der Waals surface area (Å²) in [6.45, 7) is 2.23. The average Bonchev–Trinajstić information content (AvgIpc) is 3.00. The molecule has 1 aliphatic rings. The van der Waals surface area contributed by atoms with E-state index in [0.717, 1.165) is 35.8 Å². The molecule has 1 aromatic heterocycles. The van der Waals surface area contributed by atoms with Crippen LogP contribution in [0.15, 0.2) is 30.7 Å². The second-order valence-corrected chi connectivity index (χ2v) is 5.61. The molecular formula is C16H20N4O2. The zero-order chi connectivity index (χ0) is 15.5. The van der Waals surface area contributed by atoms with Crippen LogP contribution in [0.4, 0.5) is 5.69 Å². The number of nitrogens with one attached hydrogen (secondary N) is 1. The second kappa shape index (κ2) is 6.09. The maximum absolute atomic E-state index is 11.9. The molecule has 0 atom stereocenters. The van der Waals surface area contributed by atoms with Gasteiger partial charge >= 0.3 is 0 Å². The quantitative estimate of drug-likeness (QED) is 0.928. The van der Waals surface area contributed by atoms with Gasteiger partial charge in [-0.05, 0) is 17.7 Å². The first-order valence-electron chi connectivity index (χ1n) is 7.31. The maximum Gasteiger partial charge on any atom is 0.226 e. The molecule has 6 nitrogen and oxygen atoms in total. The first-order chi connectivity index (χ1) is 10.6. The van der Waals surface area contributed by atoms with Crippen molar-refractivity contribution in [1.29, 1.82) is 0 Å². The highest BCUT2D eigenvalue weighted by Gasteiger charge is 2.19. The summed E-state index contributed by atoms with van der Waals surface area (Å²) in [6, 6.07) is 5.96. The number of likely N-dealkylation sites (N-methyl/N-ethyl adjacent to an activating group) is 1. The summed E-state index contributed by atoms with van der Waals surface area (Å²) in [5.41, 5.74) is 3.09. The van der Waals surface area contributed by atoms with Crippen molar-refractivity contribution in [3.63, 3.8) is 0 Å². The number of ether oxygens (including phenoxy) is 1. The van der Waals surface area contributed by atoms with Gasteiger partial charge in [-0.15, -0.1) is 0 Å². The van der Waals surface area contributed by atoms with Crippen LogP contribution in [-0.2, 0) is 17.8 Å². The third-order valence-corrected chi connectivity index (χ3v) is 3.75. The van der Waals surface area contributed by atoms with Crippen molar-refractivity contribution in [2.45, 2.75) is 13.0 Å². The summed E-state index contributed by atoms with van der Waals surface area (Å²) < 4.78 is 5.72. The van der Waals surface area contributed by atoms with E-state index in [4.69, 9.17) is 4.74 Å². The van der Waals surface area contributed by atoms with Crippen molar-refractivity contribution in [2.24, 2.45) is 0 Å². The molecule has 0 spiro atoms. The Kier molecular flexibility index (Phi) is 4.00. The van der Waals surface area contributed by atoms with Gasteiger partial charge in [-0.1, -0.05) is 6.07 Å². The number of anilines is 1. The lowest BCUT2D eigenvalue weighted by Crippen LogP contribution is -2.32. The smallest absolute Gasteiger partial charge is 0.226 e. The number of rotatable bonds is 4. The van der Waals surface area contributed by atoms with Crippen molar-refractivity contribution >= 4 is 11.6 Å². The molecule has 1 aliphatic heterocycles. The molecule has 0 aliphatic carbocycles. The van der Waals surface area contributed by atoms with Gasteiger partial charge in [-0.25, -0.2) is 4.98 Å². The van der Waals surface area contributed by atoms with Crippen LogP contribution in [0.25, 0.3) is 0 Å². The molecule has 0 unspecified atom stereocenters. The van der Waals surface area contributed by atoms with Crippen LogP contribution in [0.2, 0.25) is 0 Å². The summed E-state index contributed by atoms with van der Waals surface area (Å²) in [7, 11) is 3.54. The van der Waals surface area contributed by atoms with Crippen molar-refractivity contribution in [3.8, 4) is 5.75 Å². The van der Waals surface area contributed by atoms with Crippen LogP contribution < -0.4 is 9.64 Å². The third kappa shape index (κ3) is 3.05. The van der Waals surface area contributed by atoms with Gasteiger partial charge in [0.1, 0.15) is 12.4 Å². The minimum Gasteiger partial charge on any atom is -0.490 e. The number of imidazole rings is 1. The lowest BCUT2D eigenvalue weighted by Gasteiger charge is -2.31. The average molecular weight is 300 g/mol. The largest absolute Gasteiger partial charge is 0.490 e. The van der Waals surface area contributed by atoms with E-state index in [9.17, 15) is 4.79 Å². The first kappa shape index (κ1) is 14.4. The highest BCUT2D eigenvalue weighted by atomic mass is 16.5. The van der Waals surface area contributed by atoms with E-state index < -0.39 is 0 Å². The van der Waals surface area contributed by atoms with Crippen LogP contribution in [0.1, 0.15) is 11.3 Å². The predicted octanol–water partition coefficient (Wildman–Crippen LogP) is 1.44. The number of H-pyrrole nitrogens is 1. The highest BCUT2D eigenvalue weighted by molar-refractivity contribution is 5.79. The first-order valence-corrected chi connectivity index (χ1v) is 7.31. The Bertz CT molecular complexity index is 652. The van der Waals surface area contributed by atoms with Crippen LogP contribution in [0.5, 0.6) is 5.75 Å². The number of aromatic amines is 1. The zero-order valence-electron chi connectivity index (χ0n) is 12.9. The standard InChI is InChI=1S/C16H20N4O2/c1-19(2)16(21)8-12-3-4-15-14(7-12)20(5-6-22-15)10-13-9-17-11-18-13/h3-4,7,9,11H,5-6,8,10H2,1-2H3,(H,17,18). The molecular weight excluding hydrogens is 280 g/mol. The number of amides is 1. The molecule has 0 saturated carbocycles. The molecule has 0 radical (unpaired) electrons. The lowest BCUT2D eigenvalue weighted by molar-refractivity contribution is -0.127. The number of hydrogen-bond donors (Lipinski definition) is 1. The lowest BCUT2D eigenvalue weighted by atomic mass is 10.1. The number of nitrogens with zero attached hydrogens (tertiary/aromatic N) is 3. The number of hydrogen-bond acceptors (Lipinski definition) is 4. The molecule has 2 aromatic rings. The van der Waals surface area contributed by atoms with Gasteiger partial charge in [0.25, 0.3) is 0 Å². The molecule has 1 amide bonds. The summed E-state index contributed by atoms with van der Waals surface area (Å²) in [4.78, 5) is 22.9. The Hall–Kier alpha value is -2.50. The predicted molar refractivity (Wildman–Crippen MR) is 84.0 cm³/mol. The molecule has 0 bridgehead atoms. The molecule has 2 heterocycles. The van der Waals surface area contributed by atoms with E-state index in [-0.39, 0.29) is 5.91 Å². The fraction of sp³-hybridized carbons (Fsp3) is 0.375. The number of carbonyl (C=O) groups is 1. The Balaban J connectivity index is 1.83. The minimum absolute atomic E-state index is 0.0943. The van der Waals surface area contributed by atoms with Crippen LogP contribution >= 0.6 is 0 Å². The van der Waals surface area contributed by atoms with Gasteiger partial charge in [0.05, 0.1) is 37.2 Å². The van der Waals surface area contributed by atoms with Crippen molar-refractivity contribution in [3.05, 3.63) is 42.0 Å². The molecule has 6 heteroatoms. The Morgan fingerprint density at radius 1 is 1.45 bits per heavy atom. The number of fused-ring (bicyclic) bond motifs is 1. The molecule has 1 aromatic carbocycles. The number of aromatic nitrogens is 2. The Morgan fingerprint density at radius 3 is 3.05 bits per heavy atom. The van der Waals surface area contributed by atoms with E-state index in [2.05, 4.69) is 14.9 Å². The monoisotopic (exact) mass is 300 g/mol. The number of carbonyl (C=O) groups excluding carboxylic acids is 1. The third-order valence-electron chi connectivity index (χ3n) is 3.75. The van der Waals surface area contributed by atoms with E-state index in [1.807, 2.05) is 24.4 Å². The number of benzene rings is 1. The van der Waals surface area contributed by atoms with Gasteiger partial charge in [-0.2, -0.15) is 0 Å². The molecule has 3 rings (SSSR count).